The normalized spacial score (nSPS) is 12.8. The number of rotatable bonds is 12. The molecule has 0 aliphatic rings. The Bertz CT molecular complexity index is 1430. The van der Waals surface area contributed by atoms with Gasteiger partial charge in [-0.3, -0.25) is 13.9 Å². The fourth-order valence-electron chi connectivity index (χ4n) is 4.37. The summed E-state index contributed by atoms with van der Waals surface area (Å²) in [4.78, 5) is 29.0. The quantitative estimate of drug-likeness (QED) is 0.289. The van der Waals surface area contributed by atoms with Gasteiger partial charge in [-0.15, -0.1) is 0 Å². The van der Waals surface area contributed by atoms with Crippen LogP contribution in [-0.4, -0.2) is 43.8 Å². The summed E-state index contributed by atoms with van der Waals surface area (Å²) in [6.07, 6.45) is 1.10. The lowest BCUT2D eigenvalue weighted by Gasteiger charge is -2.34. The zero-order valence-corrected chi connectivity index (χ0v) is 25.3. The molecule has 2 atom stereocenters. The van der Waals surface area contributed by atoms with E-state index in [9.17, 15) is 18.0 Å². The van der Waals surface area contributed by atoms with Gasteiger partial charge in [-0.05, 0) is 63.4 Å². The van der Waals surface area contributed by atoms with Crippen molar-refractivity contribution >= 4 is 39.1 Å². The smallest absolute Gasteiger partial charge is 0.264 e. The van der Waals surface area contributed by atoms with Crippen molar-refractivity contribution in [2.75, 3.05) is 10.8 Å². The molecule has 1 N–H and O–H groups in total. The van der Waals surface area contributed by atoms with Crippen molar-refractivity contribution in [3.8, 4) is 0 Å². The predicted molar refractivity (Wildman–Crippen MR) is 161 cm³/mol. The minimum absolute atomic E-state index is 0.0395. The third-order valence-corrected chi connectivity index (χ3v) is 8.92. The van der Waals surface area contributed by atoms with E-state index in [1.165, 1.54) is 17.0 Å². The van der Waals surface area contributed by atoms with E-state index in [1.54, 1.807) is 36.4 Å². The molecule has 0 saturated heterocycles. The topological polar surface area (TPSA) is 86.8 Å². The number of anilines is 1. The fraction of sp³-hybridized carbons (Fsp3) is 0.355. The lowest BCUT2D eigenvalue weighted by molar-refractivity contribution is -0.140. The van der Waals surface area contributed by atoms with E-state index in [0.717, 1.165) is 27.4 Å². The van der Waals surface area contributed by atoms with Crippen molar-refractivity contribution in [1.29, 1.82) is 0 Å². The average Bonchev–Trinajstić information content (AvgIpc) is 2.92. The molecule has 7 nitrogen and oxygen atoms in total. The average molecular weight is 584 g/mol. The van der Waals surface area contributed by atoms with Crippen LogP contribution in [0.1, 0.15) is 50.3 Å². The summed E-state index contributed by atoms with van der Waals surface area (Å²) in [5.41, 5.74) is 2.95. The SMILES string of the molecule is CC[C@@H](C)NC(=O)[C@@H](CC)N(Cc1cccc(C)c1)C(=O)CN(c1ccccc1Cl)S(=O)(=O)c1ccc(C)cc1. The van der Waals surface area contributed by atoms with Gasteiger partial charge in [-0.2, -0.15) is 0 Å². The van der Waals surface area contributed by atoms with Gasteiger partial charge in [0.15, 0.2) is 0 Å². The number of amides is 2. The highest BCUT2D eigenvalue weighted by Crippen LogP contribution is 2.31. The Labute approximate surface area is 243 Å². The van der Waals surface area contributed by atoms with Crippen LogP contribution in [0.3, 0.4) is 0 Å². The second-order valence-corrected chi connectivity index (χ2v) is 12.3. The molecule has 214 valence electrons. The molecule has 0 radical (unpaired) electrons. The van der Waals surface area contributed by atoms with Crippen LogP contribution in [0.4, 0.5) is 5.69 Å². The maximum Gasteiger partial charge on any atom is 0.264 e. The fourth-order valence-corrected chi connectivity index (χ4v) is 6.09. The van der Waals surface area contributed by atoms with E-state index < -0.39 is 28.5 Å². The maximum atomic E-state index is 14.1. The highest BCUT2D eigenvalue weighted by atomic mass is 35.5. The standard InChI is InChI=1S/C31H38ClN3O4S/c1-6-24(5)33-31(37)28(7-2)34(20-25-12-10-11-23(4)19-25)30(36)21-35(29-14-9-8-13-27(29)32)40(38,39)26-17-15-22(3)16-18-26/h8-19,24,28H,6-7,20-21H2,1-5H3,(H,33,37)/t24-,28-/m1/s1. The zero-order chi connectivity index (χ0) is 29.4. The van der Waals surface area contributed by atoms with Gasteiger partial charge in [-0.1, -0.05) is 85.1 Å². The van der Waals surface area contributed by atoms with Crippen LogP contribution >= 0.6 is 11.6 Å². The number of nitrogens with zero attached hydrogens (tertiary/aromatic N) is 2. The lowest BCUT2D eigenvalue weighted by atomic mass is 10.1. The highest BCUT2D eigenvalue weighted by Gasteiger charge is 2.34. The number of halogens is 1. The molecule has 0 aromatic heterocycles. The van der Waals surface area contributed by atoms with Gasteiger partial charge in [0.25, 0.3) is 10.0 Å². The van der Waals surface area contributed by atoms with Crippen LogP contribution in [0.2, 0.25) is 5.02 Å². The van der Waals surface area contributed by atoms with Crippen molar-refractivity contribution < 1.29 is 18.0 Å². The minimum Gasteiger partial charge on any atom is -0.352 e. The Hall–Kier alpha value is -3.36. The molecule has 2 amide bonds. The summed E-state index contributed by atoms with van der Waals surface area (Å²) < 4.78 is 28.9. The Morgan fingerprint density at radius 2 is 1.57 bits per heavy atom. The molecule has 0 fully saturated rings. The lowest BCUT2D eigenvalue weighted by Crippen LogP contribution is -2.53. The van der Waals surface area contributed by atoms with Crippen LogP contribution in [-0.2, 0) is 26.2 Å². The maximum absolute atomic E-state index is 14.1. The molecule has 0 unspecified atom stereocenters. The van der Waals surface area contributed by atoms with E-state index >= 15 is 0 Å². The van der Waals surface area contributed by atoms with E-state index in [4.69, 9.17) is 11.6 Å². The van der Waals surface area contributed by atoms with Crippen molar-refractivity contribution in [3.63, 3.8) is 0 Å². The number of nitrogens with one attached hydrogen (secondary N) is 1. The number of para-hydroxylation sites is 1. The van der Waals surface area contributed by atoms with Gasteiger partial charge in [0.05, 0.1) is 15.6 Å². The summed E-state index contributed by atoms with van der Waals surface area (Å²) in [5, 5.41) is 3.18. The van der Waals surface area contributed by atoms with Crippen LogP contribution in [0, 0.1) is 13.8 Å². The number of carbonyl (C=O) groups excluding carboxylic acids is 2. The Morgan fingerprint density at radius 3 is 2.17 bits per heavy atom. The van der Waals surface area contributed by atoms with Gasteiger partial charge in [0.2, 0.25) is 11.8 Å². The van der Waals surface area contributed by atoms with E-state index in [0.29, 0.717) is 6.42 Å². The number of hydrogen-bond donors (Lipinski definition) is 1. The molecule has 0 saturated carbocycles. The van der Waals surface area contributed by atoms with Gasteiger partial charge >= 0.3 is 0 Å². The largest absolute Gasteiger partial charge is 0.352 e. The molecule has 0 aliphatic carbocycles. The Balaban J connectivity index is 2.07. The molecule has 40 heavy (non-hydrogen) atoms. The first-order chi connectivity index (χ1) is 19.0. The number of carbonyl (C=O) groups is 2. The summed E-state index contributed by atoms with van der Waals surface area (Å²) in [5.74, 6) is -0.785. The third-order valence-electron chi connectivity index (χ3n) is 6.83. The highest BCUT2D eigenvalue weighted by molar-refractivity contribution is 7.92. The molecule has 3 aromatic carbocycles. The van der Waals surface area contributed by atoms with E-state index in [-0.39, 0.29) is 34.1 Å². The van der Waals surface area contributed by atoms with Crippen LogP contribution in [0.5, 0.6) is 0 Å². The first-order valence-electron chi connectivity index (χ1n) is 13.5. The minimum atomic E-state index is -4.18. The Kier molecular flexibility index (Phi) is 10.8. The van der Waals surface area contributed by atoms with Crippen LogP contribution in [0.25, 0.3) is 0 Å². The second kappa shape index (κ2) is 13.8. The zero-order valence-electron chi connectivity index (χ0n) is 23.7. The molecule has 0 aliphatic heterocycles. The molecule has 3 rings (SSSR count). The second-order valence-electron chi connectivity index (χ2n) is 10.0. The summed E-state index contributed by atoms with van der Waals surface area (Å²) in [6, 6.07) is 19.8. The van der Waals surface area contributed by atoms with Crippen molar-refractivity contribution in [1.82, 2.24) is 10.2 Å². The van der Waals surface area contributed by atoms with Gasteiger partial charge in [0, 0.05) is 12.6 Å². The molecule has 9 heteroatoms. The first-order valence-corrected chi connectivity index (χ1v) is 15.3. The monoisotopic (exact) mass is 583 g/mol. The van der Waals surface area contributed by atoms with Gasteiger partial charge < -0.3 is 10.2 Å². The van der Waals surface area contributed by atoms with E-state index in [2.05, 4.69) is 5.32 Å². The number of benzene rings is 3. The summed E-state index contributed by atoms with van der Waals surface area (Å²) >= 11 is 6.47. The van der Waals surface area contributed by atoms with Crippen molar-refractivity contribution in [3.05, 3.63) is 94.5 Å². The summed E-state index contributed by atoms with van der Waals surface area (Å²) in [6.45, 7) is 9.16. The molecular formula is C31H38ClN3O4S. The van der Waals surface area contributed by atoms with Gasteiger partial charge in [-0.25, -0.2) is 8.42 Å². The van der Waals surface area contributed by atoms with Gasteiger partial charge in [0.1, 0.15) is 12.6 Å². The first kappa shape index (κ1) is 31.2. The molecular weight excluding hydrogens is 546 g/mol. The summed E-state index contributed by atoms with van der Waals surface area (Å²) in [7, 11) is -4.18. The Morgan fingerprint density at radius 1 is 0.900 bits per heavy atom. The molecule has 0 spiro atoms. The van der Waals surface area contributed by atoms with Crippen LogP contribution < -0.4 is 9.62 Å². The molecule has 0 bridgehead atoms. The third kappa shape index (κ3) is 7.64. The van der Waals surface area contributed by atoms with Crippen LogP contribution in [0.15, 0.2) is 77.7 Å². The van der Waals surface area contributed by atoms with Crippen molar-refractivity contribution in [2.45, 2.75) is 71.0 Å². The molecule has 0 heterocycles. The predicted octanol–water partition coefficient (Wildman–Crippen LogP) is 5.87. The number of hydrogen-bond acceptors (Lipinski definition) is 4. The number of aryl methyl sites for hydroxylation is 2. The number of sulfonamides is 1. The van der Waals surface area contributed by atoms with Crippen molar-refractivity contribution in [2.24, 2.45) is 0 Å². The molecule has 3 aromatic rings. The van der Waals surface area contributed by atoms with E-state index in [1.807, 2.05) is 58.9 Å².